The molecule has 7 nitrogen and oxygen atoms in total. The normalized spacial score (nSPS) is 16.4. The summed E-state index contributed by atoms with van der Waals surface area (Å²) >= 11 is 0. The standard InChI is InChI=1S/C23H33N5O2.HI/c1-4-24-23(25-12-10-21-17(2)27-30-18(21)3)26-15-20-14-22(29)28(16-20)13-11-19-8-6-5-7-9-19;/h5-9,20H,4,10-16H2,1-3H3,(H2,24,25,26);1H. The zero-order valence-corrected chi connectivity index (χ0v) is 21.0. The highest BCUT2D eigenvalue weighted by Gasteiger charge is 2.29. The molecule has 8 heteroatoms. The number of carbonyl (C=O) groups excluding carboxylic acids is 1. The van der Waals surface area contributed by atoms with Gasteiger partial charge >= 0.3 is 0 Å². The Labute approximate surface area is 202 Å². The lowest BCUT2D eigenvalue weighted by atomic mass is 10.1. The highest BCUT2D eigenvalue weighted by molar-refractivity contribution is 14.0. The second-order valence-electron chi connectivity index (χ2n) is 7.84. The van der Waals surface area contributed by atoms with Crippen molar-refractivity contribution in [2.45, 2.75) is 40.0 Å². The van der Waals surface area contributed by atoms with Gasteiger partial charge in [0.25, 0.3) is 0 Å². The van der Waals surface area contributed by atoms with Crippen LogP contribution in [0.2, 0.25) is 0 Å². The molecule has 170 valence electrons. The zero-order valence-electron chi connectivity index (χ0n) is 18.7. The predicted molar refractivity (Wildman–Crippen MR) is 134 cm³/mol. The Morgan fingerprint density at radius 2 is 2.00 bits per heavy atom. The number of halogens is 1. The molecule has 0 spiro atoms. The molecule has 31 heavy (non-hydrogen) atoms. The molecule has 1 saturated heterocycles. The summed E-state index contributed by atoms with van der Waals surface area (Å²) in [4.78, 5) is 19.1. The average Bonchev–Trinajstić information content (AvgIpc) is 3.27. The predicted octanol–water partition coefficient (Wildman–Crippen LogP) is 3.10. The van der Waals surface area contributed by atoms with Crippen molar-refractivity contribution in [1.29, 1.82) is 0 Å². The van der Waals surface area contributed by atoms with Gasteiger partial charge in [-0.3, -0.25) is 9.79 Å². The van der Waals surface area contributed by atoms with Crippen LogP contribution in [0.3, 0.4) is 0 Å². The van der Waals surface area contributed by atoms with Crippen LogP contribution >= 0.6 is 24.0 Å². The molecule has 1 aliphatic heterocycles. The van der Waals surface area contributed by atoms with E-state index in [9.17, 15) is 4.79 Å². The smallest absolute Gasteiger partial charge is 0.223 e. The molecule has 1 fully saturated rings. The molecule has 1 amide bonds. The molecule has 1 aromatic heterocycles. The first-order valence-corrected chi connectivity index (χ1v) is 10.8. The first kappa shape index (κ1) is 25.2. The van der Waals surface area contributed by atoms with E-state index in [2.05, 4.69) is 34.8 Å². The van der Waals surface area contributed by atoms with Gasteiger partial charge in [0.1, 0.15) is 5.76 Å². The largest absolute Gasteiger partial charge is 0.361 e. The van der Waals surface area contributed by atoms with Crippen LogP contribution in [-0.2, 0) is 17.6 Å². The number of rotatable bonds is 9. The minimum absolute atomic E-state index is 0. The van der Waals surface area contributed by atoms with Crippen LogP contribution in [0.1, 0.15) is 35.9 Å². The molecule has 0 bridgehead atoms. The Kier molecular flexibility index (Phi) is 10.3. The van der Waals surface area contributed by atoms with Crippen molar-refractivity contribution >= 4 is 35.8 Å². The molecule has 2 aromatic rings. The molecular weight excluding hydrogens is 505 g/mol. The Balaban J connectivity index is 0.00000341. The van der Waals surface area contributed by atoms with Crippen molar-refractivity contribution in [3.63, 3.8) is 0 Å². The van der Waals surface area contributed by atoms with E-state index in [0.29, 0.717) is 13.0 Å². The van der Waals surface area contributed by atoms with Gasteiger partial charge < -0.3 is 20.1 Å². The van der Waals surface area contributed by atoms with Crippen molar-refractivity contribution in [3.8, 4) is 0 Å². The van der Waals surface area contributed by atoms with E-state index in [1.54, 1.807) is 0 Å². The monoisotopic (exact) mass is 539 g/mol. The second-order valence-corrected chi connectivity index (χ2v) is 7.84. The number of aliphatic imine (C=N–C) groups is 1. The van der Waals surface area contributed by atoms with Gasteiger partial charge in [-0.25, -0.2) is 0 Å². The number of carbonyl (C=O) groups is 1. The molecule has 0 aliphatic carbocycles. The van der Waals surface area contributed by atoms with Crippen molar-refractivity contribution in [3.05, 3.63) is 52.9 Å². The first-order chi connectivity index (χ1) is 14.6. The summed E-state index contributed by atoms with van der Waals surface area (Å²) in [7, 11) is 0. The van der Waals surface area contributed by atoms with Crippen molar-refractivity contribution in [2.75, 3.05) is 32.7 Å². The lowest BCUT2D eigenvalue weighted by Gasteiger charge is -2.16. The Morgan fingerprint density at radius 3 is 2.68 bits per heavy atom. The maximum absolute atomic E-state index is 12.4. The van der Waals surface area contributed by atoms with E-state index in [1.807, 2.05) is 36.9 Å². The lowest BCUT2D eigenvalue weighted by Crippen LogP contribution is -2.38. The summed E-state index contributed by atoms with van der Waals surface area (Å²) in [6, 6.07) is 10.3. The van der Waals surface area contributed by atoms with Crippen LogP contribution < -0.4 is 10.6 Å². The van der Waals surface area contributed by atoms with Crippen LogP contribution in [0, 0.1) is 19.8 Å². The van der Waals surface area contributed by atoms with Gasteiger partial charge in [0.2, 0.25) is 5.91 Å². The summed E-state index contributed by atoms with van der Waals surface area (Å²) in [5, 5.41) is 10.7. The highest BCUT2D eigenvalue weighted by Crippen LogP contribution is 2.18. The van der Waals surface area contributed by atoms with Crippen LogP contribution in [0.5, 0.6) is 0 Å². The number of amides is 1. The van der Waals surface area contributed by atoms with Crippen molar-refractivity contribution in [2.24, 2.45) is 10.9 Å². The number of aromatic nitrogens is 1. The number of hydrogen-bond acceptors (Lipinski definition) is 4. The lowest BCUT2D eigenvalue weighted by molar-refractivity contribution is -0.127. The Hall–Kier alpha value is -2.10. The van der Waals surface area contributed by atoms with Gasteiger partial charge in [0.15, 0.2) is 5.96 Å². The minimum atomic E-state index is 0. The van der Waals surface area contributed by atoms with Gasteiger partial charge in [-0.05, 0) is 39.2 Å². The molecular formula is C23H34IN5O2. The molecule has 0 radical (unpaired) electrons. The fraction of sp³-hybridized carbons (Fsp3) is 0.522. The van der Waals surface area contributed by atoms with Crippen LogP contribution in [0.15, 0.2) is 39.8 Å². The van der Waals surface area contributed by atoms with E-state index < -0.39 is 0 Å². The van der Waals surface area contributed by atoms with Gasteiger partial charge in [-0.15, -0.1) is 24.0 Å². The molecule has 1 aliphatic rings. The number of nitrogens with one attached hydrogen (secondary N) is 2. The summed E-state index contributed by atoms with van der Waals surface area (Å²) < 4.78 is 5.22. The highest BCUT2D eigenvalue weighted by atomic mass is 127. The molecule has 1 unspecified atom stereocenters. The number of likely N-dealkylation sites (tertiary alicyclic amines) is 1. The van der Waals surface area contributed by atoms with Crippen LogP contribution in [0.4, 0.5) is 0 Å². The molecule has 3 rings (SSSR count). The number of aryl methyl sites for hydroxylation is 2. The maximum Gasteiger partial charge on any atom is 0.223 e. The van der Waals surface area contributed by atoms with Crippen molar-refractivity contribution < 1.29 is 9.32 Å². The third-order valence-corrected chi connectivity index (χ3v) is 5.51. The van der Waals surface area contributed by atoms with Crippen LogP contribution in [-0.4, -0.2) is 54.6 Å². The second kappa shape index (κ2) is 12.7. The third-order valence-electron chi connectivity index (χ3n) is 5.51. The quantitative estimate of drug-likeness (QED) is 0.291. The number of nitrogens with zero attached hydrogens (tertiary/aromatic N) is 3. The SMILES string of the molecule is CCNC(=NCC1CC(=O)N(CCc2ccccc2)C1)NCCc1c(C)noc1C.I. The fourth-order valence-corrected chi connectivity index (χ4v) is 3.83. The molecule has 1 atom stereocenters. The molecule has 0 saturated carbocycles. The van der Waals surface area contributed by atoms with Gasteiger partial charge in [-0.1, -0.05) is 35.5 Å². The number of hydrogen-bond donors (Lipinski definition) is 2. The Bertz CT molecular complexity index is 833. The van der Waals surface area contributed by atoms with Gasteiger partial charge in [0, 0.05) is 50.6 Å². The minimum Gasteiger partial charge on any atom is -0.361 e. The summed E-state index contributed by atoms with van der Waals surface area (Å²) in [6.45, 7) is 9.71. The van der Waals surface area contributed by atoms with Crippen LogP contribution in [0.25, 0.3) is 0 Å². The number of benzene rings is 1. The van der Waals surface area contributed by atoms with E-state index in [-0.39, 0.29) is 35.8 Å². The van der Waals surface area contributed by atoms with Gasteiger partial charge in [0.05, 0.1) is 5.69 Å². The molecule has 2 N–H and O–H groups in total. The molecule has 1 aromatic carbocycles. The van der Waals surface area contributed by atoms with E-state index >= 15 is 0 Å². The fourth-order valence-electron chi connectivity index (χ4n) is 3.83. The third kappa shape index (κ3) is 7.52. The summed E-state index contributed by atoms with van der Waals surface area (Å²) in [5.41, 5.74) is 3.36. The zero-order chi connectivity index (χ0) is 21.3. The summed E-state index contributed by atoms with van der Waals surface area (Å²) in [6.07, 6.45) is 2.31. The first-order valence-electron chi connectivity index (χ1n) is 10.8. The number of guanidine groups is 1. The van der Waals surface area contributed by atoms with E-state index in [4.69, 9.17) is 9.52 Å². The van der Waals surface area contributed by atoms with E-state index in [0.717, 1.165) is 62.0 Å². The van der Waals surface area contributed by atoms with Gasteiger partial charge in [-0.2, -0.15) is 0 Å². The Morgan fingerprint density at radius 1 is 1.23 bits per heavy atom. The summed E-state index contributed by atoms with van der Waals surface area (Å²) in [5.74, 6) is 2.17. The average molecular weight is 539 g/mol. The van der Waals surface area contributed by atoms with Crippen molar-refractivity contribution in [1.82, 2.24) is 20.7 Å². The van der Waals surface area contributed by atoms with E-state index in [1.165, 1.54) is 5.56 Å². The molecule has 2 heterocycles. The topological polar surface area (TPSA) is 82.8 Å². The maximum atomic E-state index is 12.4.